The summed E-state index contributed by atoms with van der Waals surface area (Å²) in [6.45, 7) is 2.02. The number of carbonyl (C=O) groups excluding carboxylic acids is 3. The van der Waals surface area contributed by atoms with E-state index in [1.165, 1.54) is 24.3 Å². The summed E-state index contributed by atoms with van der Waals surface area (Å²) < 4.78 is 4.87. The van der Waals surface area contributed by atoms with Crippen LogP contribution in [0.15, 0.2) is 36.4 Å². The topological polar surface area (TPSA) is 84.5 Å². The van der Waals surface area contributed by atoms with Gasteiger partial charge in [-0.2, -0.15) is 0 Å². The van der Waals surface area contributed by atoms with Gasteiger partial charge in [0.05, 0.1) is 12.2 Å². The van der Waals surface area contributed by atoms with E-state index in [0.29, 0.717) is 24.2 Å². The van der Waals surface area contributed by atoms with Crippen LogP contribution in [0.2, 0.25) is 0 Å². The number of benzene rings is 1. The molecule has 2 amide bonds. The van der Waals surface area contributed by atoms with Crippen LogP contribution in [-0.2, 0) is 9.53 Å². The Bertz CT molecular complexity index is 608. The summed E-state index contributed by atoms with van der Waals surface area (Å²) in [7, 11) is 0. The lowest BCUT2D eigenvalue weighted by atomic mass is 9.94. The minimum atomic E-state index is -0.432. The molecule has 0 unspecified atom stereocenters. The van der Waals surface area contributed by atoms with E-state index in [1.54, 1.807) is 6.92 Å². The number of rotatable bonds is 4. The number of esters is 1. The quantitative estimate of drug-likeness (QED) is 0.505. The van der Waals surface area contributed by atoms with E-state index in [9.17, 15) is 14.4 Å². The van der Waals surface area contributed by atoms with Crippen LogP contribution < -0.4 is 10.9 Å². The summed E-state index contributed by atoms with van der Waals surface area (Å²) >= 11 is 0. The summed E-state index contributed by atoms with van der Waals surface area (Å²) in [4.78, 5) is 35.4. The predicted molar refractivity (Wildman–Crippen MR) is 84.5 cm³/mol. The molecule has 0 saturated heterocycles. The van der Waals surface area contributed by atoms with Crippen molar-refractivity contribution < 1.29 is 19.1 Å². The molecule has 2 N–H and O–H groups in total. The van der Waals surface area contributed by atoms with Crippen LogP contribution in [0.1, 0.15) is 46.9 Å². The highest BCUT2D eigenvalue weighted by molar-refractivity contribution is 5.97. The molecule has 0 spiro atoms. The average molecular weight is 316 g/mol. The molecule has 0 radical (unpaired) electrons. The second-order valence-electron chi connectivity index (χ2n) is 5.22. The third-order valence-electron chi connectivity index (χ3n) is 3.60. The lowest BCUT2D eigenvalue weighted by molar-refractivity contribution is -0.126. The van der Waals surface area contributed by atoms with Crippen LogP contribution in [-0.4, -0.2) is 24.4 Å². The molecular weight excluding hydrogens is 296 g/mol. The first-order chi connectivity index (χ1) is 11.1. The van der Waals surface area contributed by atoms with Crippen molar-refractivity contribution in [2.24, 2.45) is 5.92 Å². The molecule has 0 fully saturated rings. The first-order valence-electron chi connectivity index (χ1n) is 7.64. The van der Waals surface area contributed by atoms with Gasteiger partial charge in [0.15, 0.2) is 0 Å². The summed E-state index contributed by atoms with van der Waals surface area (Å²) in [5.41, 5.74) is 5.56. The van der Waals surface area contributed by atoms with Crippen molar-refractivity contribution in [1.29, 1.82) is 0 Å². The highest BCUT2D eigenvalue weighted by atomic mass is 16.5. The molecular formula is C17H20N2O4. The largest absolute Gasteiger partial charge is 0.462 e. The van der Waals surface area contributed by atoms with Gasteiger partial charge in [0.2, 0.25) is 5.91 Å². The summed E-state index contributed by atoms with van der Waals surface area (Å²) in [6.07, 6.45) is 6.38. The Kier molecular flexibility index (Phi) is 5.91. The van der Waals surface area contributed by atoms with Gasteiger partial charge in [-0.05, 0) is 50.5 Å². The van der Waals surface area contributed by atoms with Gasteiger partial charge in [0.25, 0.3) is 5.91 Å². The molecule has 0 bridgehead atoms. The van der Waals surface area contributed by atoms with Crippen molar-refractivity contribution in [1.82, 2.24) is 10.9 Å². The van der Waals surface area contributed by atoms with E-state index in [-0.39, 0.29) is 11.8 Å². The predicted octanol–water partition coefficient (Wildman–Crippen LogP) is 1.98. The first-order valence-corrected chi connectivity index (χ1v) is 7.64. The number of hydrogen-bond acceptors (Lipinski definition) is 4. The van der Waals surface area contributed by atoms with Crippen LogP contribution in [0.25, 0.3) is 0 Å². The zero-order valence-electron chi connectivity index (χ0n) is 13.0. The number of allylic oxidation sites excluding steroid dienone is 2. The molecule has 0 aliphatic heterocycles. The van der Waals surface area contributed by atoms with Crippen molar-refractivity contribution in [3.63, 3.8) is 0 Å². The number of hydrogen-bond donors (Lipinski definition) is 2. The molecule has 23 heavy (non-hydrogen) atoms. The van der Waals surface area contributed by atoms with Gasteiger partial charge in [-0.3, -0.25) is 20.4 Å². The second-order valence-corrected chi connectivity index (χ2v) is 5.22. The fourth-order valence-corrected chi connectivity index (χ4v) is 2.30. The lowest BCUT2D eigenvalue weighted by Gasteiger charge is -2.17. The molecule has 6 heteroatoms. The van der Waals surface area contributed by atoms with Crippen LogP contribution in [0.4, 0.5) is 0 Å². The van der Waals surface area contributed by atoms with Crippen LogP contribution in [0.5, 0.6) is 0 Å². The molecule has 2 rings (SSSR count). The van der Waals surface area contributed by atoms with Gasteiger partial charge in [-0.1, -0.05) is 12.2 Å². The van der Waals surface area contributed by atoms with E-state index in [1.807, 2.05) is 12.2 Å². The lowest BCUT2D eigenvalue weighted by Crippen LogP contribution is -2.44. The number of ether oxygens (including phenoxy) is 1. The minimum absolute atomic E-state index is 0.105. The van der Waals surface area contributed by atoms with E-state index in [0.717, 1.165) is 12.8 Å². The summed E-state index contributed by atoms with van der Waals surface area (Å²) in [5.74, 6) is -1.16. The van der Waals surface area contributed by atoms with E-state index in [2.05, 4.69) is 10.9 Å². The smallest absolute Gasteiger partial charge is 0.338 e. The Morgan fingerprint density at radius 3 is 2.39 bits per heavy atom. The molecule has 0 heterocycles. The maximum absolute atomic E-state index is 12.0. The molecule has 0 aromatic heterocycles. The van der Waals surface area contributed by atoms with Crippen LogP contribution >= 0.6 is 0 Å². The van der Waals surface area contributed by atoms with Crippen molar-refractivity contribution >= 4 is 17.8 Å². The zero-order chi connectivity index (χ0) is 16.7. The number of carbonyl (C=O) groups is 3. The minimum Gasteiger partial charge on any atom is -0.462 e. The Morgan fingerprint density at radius 1 is 1.09 bits per heavy atom. The highest BCUT2D eigenvalue weighted by Gasteiger charge is 2.19. The van der Waals surface area contributed by atoms with Crippen molar-refractivity contribution in [2.45, 2.75) is 26.2 Å². The number of nitrogens with one attached hydrogen (secondary N) is 2. The second kappa shape index (κ2) is 8.12. The molecule has 1 aromatic rings. The van der Waals surface area contributed by atoms with Crippen molar-refractivity contribution in [3.05, 3.63) is 47.5 Å². The first kappa shape index (κ1) is 16.7. The molecule has 122 valence electrons. The Balaban J connectivity index is 1.86. The van der Waals surface area contributed by atoms with Crippen molar-refractivity contribution in [3.8, 4) is 0 Å². The van der Waals surface area contributed by atoms with Crippen LogP contribution in [0.3, 0.4) is 0 Å². The third-order valence-corrected chi connectivity index (χ3v) is 3.60. The molecule has 1 atom stereocenters. The van der Waals surface area contributed by atoms with E-state index < -0.39 is 11.9 Å². The monoisotopic (exact) mass is 316 g/mol. The van der Waals surface area contributed by atoms with E-state index >= 15 is 0 Å². The fourth-order valence-electron chi connectivity index (χ4n) is 2.30. The molecule has 1 aliphatic rings. The molecule has 1 aliphatic carbocycles. The Morgan fingerprint density at radius 2 is 1.78 bits per heavy atom. The summed E-state index contributed by atoms with van der Waals surface area (Å²) in [6, 6.07) is 6.05. The fraction of sp³-hybridized carbons (Fsp3) is 0.353. The SMILES string of the molecule is CCOC(=O)c1ccc(C(=O)NNC(=O)[C@H]2CC=CCC2)cc1. The van der Waals surface area contributed by atoms with E-state index in [4.69, 9.17) is 4.74 Å². The van der Waals surface area contributed by atoms with Gasteiger partial charge in [0.1, 0.15) is 0 Å². The molecule has 6 nitrogen and oxygen atoms in total. The normalized spacial score (nSPS) is 16.5. The van der Waals surface area contributed by atoms with Crippen LogP contribution in [0, 0.1) is 5.92 Å². The van der Waals surface area contributed by atoms with Gasteiger partial charge < -0.3 is 4.74 Å². The maximum Gasteiger partial charge on any atom is 0.338 e. The third kappa shape index (κ3) is 4.67. The number of amides is 2. The standard InChI is InChI=1S/C17H20N2O4/c1-2-23-17(22)14-10-8-13(9-11-14)16(21)19-18-15(20)12-6-4-3-5-7-12/h3-4,8-12H,2,5-7H2,1H3,(H,18,20)(H,19,21)/t12-/m0/s1. The van der Waals surface area contributed by atoms with Gasteiger partial charge in [-0.25, -0.2) is 4.79 Å². The Labute approximate surface area is 134 Å². The average Bonchev–Trinajstić information content (AvgIpc) is 2.60. The molecule has 1 aromatic carbocycles. The maximum atomic E-state index is 12.0. The summed E-state index contributed by atoms with van der Waals surface area (Å²) in [5, 5.41) is 0. The van der Waals surface area contributed by atoms with Gasteiger partial charge in [0, 0.05) is 11.5 Å². The van der Waals surface area contributed by atoms with Gasteiger partial charge in [-0.15, -0.1) is 0 Å². The van der Waals surface area contributed by atoms with Crippen molar-refractivity contribution in [2.75, 3.05) is 6.61 Å². The zero-order valence-corrected chi connectivity index (χ0v) is 13.0. The Hall–Kier alpha value is -2.63. The molecule has 0 saturated carbocycles. The highest BCUT2D eigenvalue weighted by Crippen LogP contribution is 2.17. The number of hydrazine groups is 1. The van der Waals surface area contributed by atoms with Gasteiger partial charge >= 0.3 is 5.97 Å².